The molecular weight excluding hydrogens is 253 g/mol. The summed E-state index contributed by atoms with van der Waals surface area (Å²) in [6, 6.07) is -0.463. The van der Waals surface area contributed by atoms with E-state index in [9.17, 15) is 0 Å². The zero-order chi connectivity index (χ0) is 7.86. The molecule has 2 unspecified atom stereocenters. The van der Waals surface area contributed by atoms with Gasteiger partial charge >= 0.3 is 35.0 Å². The van der Waals surface area contributed by atoms with Crippen LogP contribution in [0.5, 0.6) is 0 Å². The Hall–Kier alpha value is 1.16. The fourth-order valence-electron chi connectivity index (χ4n) is 0. The molecule has 0 aromatic rings. The van der Waals surface area contributed by atoms with Crippen molar-refractivity contribution < 1.29 is 15.9 Å². The van der Waals surface area contributed by atoms with E-state index in [4.69, 9.17) is 30.5 Å². The average Bonchev–Trinajstić information content (AvgIpc) is 1.68. The number of hydrogen-bond donors (Lipinski definition) is 0. The van der Waals surface area contributed by atoms with Crippen LogP contribution in [0.4, 0.5) is 0 Å². The van der Waals surface area contributed by atoms with Crippen molar-refractivity contribution in [1.82, 2.24) is 0 Å². The van der Waals surface area contributed by atoms with Gasteiger partial charge in [0.15, 0.2) is 0 Å². The molecule has 0 aliphatic carbocycles. The van der Waals surface area contributed by atoms with Crippen LogP contribution in [0.1, 0.15) is 13.8 Å². The monoisotopic (exact) mass is 262 g/mol. The summed E-state index contributed by atoms with van der Waals surface area (Å²) >= 11 is -0.106. The fourth-order valence-corrected chi connectivity index (χ4v) is 0. The van der Waals surface area contributed by atoms with Crippen molar-refractivity contribution in [2.24, 2.45) is 0 Å². The van der Waals surface area contributed by atoms with Crippen LogP contribution in [-0.4, -0.2) is 12.1 Å². The van der Waals surface area contributed by atoms with Gasteiger partial charge in [-0.05, 0) is 0 Å². The van der Waals surface area contributed by atoms with Crippen LogP contribution < -0.4 is 0 Å². The Labute approximate surface area is 72.4 Å². The summed E-state index contributed by atoms with van der Waals surface area (Å²) in [5, 5.41) is 0. The van der Waals surface area contributed by atoms with E-state index in [2.05, 4.69) is 0 Å². The first-order chi connectivity index (χ1) is 4.06. The summed E-state index contributed by atoms with van der Waals surface area (Å²) in [6.07, 6.45) is 0. The second kappa shape index (κ2) is 9.16. The summed E-state index contributed by atoms with van der Waals surface area (Å²) in [6.45, 7) is 3.44. The second-order valence-corrected chi connectivity index (χ2v) is 3.98. The Balaban J connectivity index is 0. The Morgan fingerprint density at radius 2 is 1.22 bits per heavy atom. The van der Waals surface area contributed by atoms with Gasteiger partial charge in [0.05, 0.1) is 0 Å². The van der Waals surface area contributed by atoms with Crippen molar-refractivity contribution in [2.75, 3.05) is 0 Å². The third kappa shape index (κ3) is 17.6. The molecule has 0 aromatic heterocycles. The van der Waals surface area contributed by atoms with Gasteiger partial charge in [-0.1, -0.05) is 13.8 Å². The molecule has 5 heteroatoms. The fraction of sp³-hybridized carbons (Fsp3) is 1.00. The minimum absolute atomic E-state index is 0.106. The standard InChI is InChI=1S/C4H10N2.2ClH.Pd/c1-3(5)4(2)6;;;/h3-6H,1-2H3;2*1H;/q-2;;;+2/p-2. The number of halogens is 2. The van der Waals surface area contributed by atoms with E-state index in [-0.39, 0.29) is 28.0 Å². The normalized spacial score (nSPS) is 15.8. The van der Waals surface area contributed by atoms with Crippen molar-refractivity contribution in [3.05, 3.63) is 11.5 Å². The van der Waals surface area contributed by atoms with E-state index < -0.39 is 0 Å². The molecule has 9 heavy (non-hydrogen) atoms. The molecule has 0 amide bonds. The molecule has 0 radical (unpaired) electrons. The van der Waals surface area contributed by atoms with Gasteiger partial charge in [-0.15, -0.1) is 0 Å². The van der Waals surface area contributed by atoms with Crippen molar-refractivity contribution in [3.63, 3.8) is 0 Å². The molecule has 0 heterocycles. The van der Waals surface area contributed by atoms with Crippen LogP contribution in [0.3, 0.4) is 0 Å². The van der Waals surface area contributed by atoms with E-state index in [1.54, 1.807) is 13.8 Å². The van der Waals surface area contributed by atoms with Gasteiger partial charge in [0.2, 0.25) is 0 Å². The topological polar surface area (TPSA) is 47.6 Å². The average molecular weight is 263 g/mol. The maximum atomic E-state index is 6.84. The van der Waals surface area contributed by atoms with Gasteiger partial charge in [0.1, 0.15) is 0 Å². The van der Waals surface area contributed by atoms with Crippen molar-refractivity contribution in [3.8, 4) is 0 Å². The second-order valence-electron chi connectivity index (χ2n) is 1.62. The molecule has 0 aliphatic heterocycles. The van der Waals surface area contributed by atoms with Gasteiger partial charge in [0.25, 0.3) is 0 Å². The van der Waals surface area contributed by atoms with Crippen LogP contribution in [0.15, 0.2) is 0 Å². The summed E-state index contributed by atoms with van der Waals surface area (Å²) < 4.78 is 0. The van der Waals surface area contributed by atoms with Crippen LogP contribution >= 0.6 is 19.1 Å². The molecule has 0 rings (SSSR count). The molecule has 0 spiro atoms. The van der Waals surface area contributed by atoms with E-state index in [0.717, 1.165) is 0 Å². The van der Waals surface area contributed by atoms with E-state index in [1.165, 1.54) is 0 Å². The summed E-state index contributed by atoms with van der Waals surface area (Å²) in [5.74, 6) is 0. The first kappa shape index (κ1) is 12.8. The molecular formula is C4H10Cl2N2Pd-2. The Morgan fingerprint density at radius 3 is 1.22 bits per heavy atom. The van der Waals surface area contributed by atoms with Crippen molar-refractivity contribution >= 4 is 19.1 Å². The first-order valence-electron chi connectivity index (χ1n) is 2.30. The molecule has 0 aliphatic rings. The van der Waals surface area contributed by atoms with Gasteiger partial charge in [-0.3, -0.25) is 0 Å². The third-order valence-electron chi connectivity index (χ3n) is 0.750. The summed E-state index contributed by atoms with van der Waals surface area (Å²) in [7, 11) is 9.63. The zero-order valence-electron chi connectivity index (χ0n) is 5.23. The van der Waals surface area contributed by atoms with E-state index in [1.807, 2.05) is 0 Å². The summed E-state index contributed by atoms with van der Waals surface area (Å²) in [4.78, 5) is 0. The quantitative estimate of drug-likeness (QED) is 0.652. The minimum atomic E-state index is -0.231. The van der Waals surface area contributed by atoms with Crippen LogP contribution in [0, 0.1) is 0 Å². The molecule has 0 saturated heterocycles. The third-order valence-corrected chi connectivity index (χ3v) is 0.750. The maximum absolute atomic E-state index is 6.84. The van der Waals surface area contributed by atoms with E-state index >= 15 is 0 Å². The summed E-state index contributed by atoms with van der Waals surface area (Å²) in [5.41, 5.74) is 13.7. The van der Waals surface area contributed by atoms with Crippen LogP contribution in [-0.2, 0) is 15.9 Å². The van der Waals surface area contributed by atoms with Crippen molar-refractivity contribution in [2.45, 2.75) is 25.9 Å². The van der Waals surface area contributed by atoms with Crippen molar-refractivity contribution in [1.29, 1.82) is 0 Å². The number of hydrogen-bond acceptors (Lipinski definition) is 0. The van der Waals surface area contributed by atoms with Gasteiger partial charge in [0, 0.05) is 0 Å². The predicted molar refractivity (Wildman–Crippen MR) is 39.3 cm³/mol. The predicted octanol–water partition coefficient (Wildman–Crippen LogP) is 3.24. The molecule has 0 saturated carbocycles. The Bertz CT molecular complexity index is 45.8. The molecule has 2 N–H and O–H groups in total. The Kier molecular flexibility index (Phi) is 13.0. The van der Waals surface area contributed by atoms with E-state index in [0.29, 0.717) is 0 Å². The van der Waals surface area contributed by atoms with Gasteiger partial charge in [-0.2, -0.15) is 12.1 Å². The number of nitrogens with one attached hydrogen (secondary N) is 2. The van der Waals surface area contributed by atoms with Crippen LogP contribution in [0.25, 0.3) is 11.5 Å². The van der Waals surface area contributed by atoms with Gasteiger partial charge in [-0.25, -0.2) is 0 Å². The first-order valence-corrected chi connectivity index (χ1v) is 6.31. The number of rotatable bonds is 1. The molecule has 0 bridgehead atoms. The SMILES string of the molecule is CC([NH-])C(C)[NH-].[Cl][Pd][Cl]. The van der Waals surface area contributed by atoms with Crippen LogP contribution in [0.2, 0.25) is 0 Å². The molecule has 62 valence electrons. The molecule has 2 nitrogen and oxygen atoms in total. The molecule has 0 fully saturated rings. The Morgan fingerprint density at radius 1 is 1.11 bits per heavy atom. The molecule has 0 aromatic carbocycles. The van der Waals surface area contributed by atoms with Gasteiger partial charge < -0.3 is 11.5 Å². The molecule has 2 atom stereocenters. The zero-order valence-corrected chi connectivity index (χ0v) is 8.29.